The van der Waals surface area contributed by atoms with E-state index in [1.54, 1.807) is 0 Å². The second-order valence-corrected chi connectivity index (χ2v) is 10.9. The van der Waals surface area contributed by atoms with Gasteiger partial charge in [0.05, 0.1) is 12.0 Å². The second-order valence-electron chi connectivity index (χ2n) is 10.9. The summed E-state index contributed by atoms with van der Waals surface area (Å²) in [4.78, 5) is 24.0. The summed E-state index contributed by atoms with van der Waals surface area (Å²) < 4.78 is 5.11. The minimum Gasteiger partial charge on any atom is -0.459 e. The summed E-state index contributed by atoms with van der Waals surface area (Å²) in [5.41, 5.74) is 0.580. The normalized spacial score (nSPS) is 54.9. The number of ketones is 1. The van der Waals surface area contributed by atoms with Gasteiger partial charge < -0.3 is 9.84 Å². The molecule has 4 aliphatic carbocycles. The Morgan fingerprint density at radius 1 is 0.889 bits per heavy atom. The van der Waals surface area contributed by atoms with Gasteiger partial charge >= 0.3 is 5.97 Å². The Kier molecular flexibility index (Phi) is 4.06. The third-order valence-electron chi connectivity index (χ3n) is 10.1. The van der Waals surface area contributed by atoms with Crippen LogP contribution >= 0.6 is 0 Å². The number of cyclic esters (lactones) is 1. The third-order valence-corrected chi connectivity index (χ3v) is 10.1. The largest absolute Gasteiger partial charge is 0.459 e. The van der Waals surface area contributed by atoms with Crippen molar-refractivity contribution in [3.63, 3.8) is 0 Å². The summed E-state index contributed by atoms with van der Waals surface area (Å²) in [5, 5.41) is 10.2. The Labute approximate surface area is 162 Å². The standard InChI is InChI=1S/C23H34O4/c1-22-9-7-14(24)11-13(22)3-4-15-17-5-6-18(16-12-27-21(26)20(16)25)23(17,2)10-8-19(15)22/h13-19,24H,3-12H2,1-2H3/t13-,14+,15+,16?,17+,18-,19+,22+,23+/m1/s1. The Balaban J connectivity index is 1.40. The van der Waals surface area contributed by atoms with Crippen LogP contribution in [0.2, 0.25) is 0 Å². The highest BCUT2D eigenvalue weighted by molar-refractivity contribution is 6.36. The van der Waals surface area contributed by atoms with Gasteiger partial charge in [-0.25, -0.2) is 4.79 Å². The minimum atomic E-state index is -0.602. The molecule has 1 N–H and O–H groups in total. The summed E-state index contributed by atoms with van der Waals surface area (Å²) in [6.45, 7) is 5.25. The Bertz CT molecular complexity index is 659. The molecule has 27 heavy (non-hydrogen) atoms. The number of aliphatic hydroxyl groups excluding tert-OH is 1. The fraction of sp³-hybridized carbons (Fsp3) is 0.913. The molecule has 4 nitrogen and oxygen atoms in total. The van der Waals surface area contributed by atoms with Crippen LogP contribution in [0.3, 0.4) is 0 Å². The number of Topliss-reactive ketones (excluding diaryl/α,β-unsaturated/α-hetero) is 1. The van der Waals surface area contributed by atoms with Crippen LogP contribution in [0.25, 0.3) is 0 Å². The monoisotopic (exact) mass is 374 g/mol. The smallest absolute Gasteiger partial charge is 0.375 e. The molecule has 4 saturated carbocycles. The van der Waals surface area contributed by atoms with Crippen molar-refractivity contribution in [2.45, 2.75) is 77.7 Å². The van der Waals surface area contributed by atoms with E-state index in [0.29, 0.717) is 29.8 Å². The summed E-state index contributed by atoms with van der Waals surface area (Å²) in [6, 6.07) is 0. The molecule has 5 fully saturated rings. The van der Waals surface area contributed by atoms with Crippen LogP contribution in [0.5, 0.6) is 0 Å². The SMILES string of the molecule is C[C@]12CC[C@H](O)C[C@H]1CC[C@@H]1[C@@H]2CC[C@]2(C)[C@@H](C3COC(=O)C3=O)CC[C@@H]12. The van der Waals surface area contributed by atoms with Crippen LogP contribution in [0.15, 0.2) is 0 Å². The van der Waals surface area contributed by atoms with Gasteiger partial charge in [-0.3, -0.25) is 4.79 Å². The Hall–Kier alpha value is -0.900. The predicted molar refractivity (Wildman–Crippen MR) is 101 cm³/mol. The van der Waals surface area contributed by atoms with Crippen molar-refractivity contribution in [2.24, 2.45) is 46.3 Å². The lowest BCUT2D eigenvalue weighted by Gasteiger charge is -2.61. The summed E-state index contributed by atoms with van der Waals surface area (Å²) in [5.74, 6) is 2.18. The molecule has 1 unspecified atom stereocenters. The van der Waals surface area contributed by atoms with Crippen LogP contribution in [0, 0.1) is 46.3 Å². The molecule has 5 rings (SSSR count). The van der Waals surface area contributed by atoms with Crippen molar-refractivity contribution >= 4 is 11.8 Å². The molecule has 0 bridgehead atoms. The number of hydrogen-bond donors (Lipinski definition) is 1. The van der Waals surface area contributed by atoms with Gasteiger partial charge in [-0.15, -0.1) is 0 Å². The first-order valence-corrected chi connectivity index (χ1v) is 11.2. The molecule has 0 aromatic rings. The molecule has 1 heterocycles. The fourth-order valence-corrected chi connectivity index (χ4v) is 8.70. The number of rotatable bonds is 1. The van der Waals surface area contributed by atoms with Crippen LogP contribution in [-0.2, 0) is 14.3 Å². The topological polar surface area (TPSA) is 63.6 Å². The fourth-order valence-electron chi connectivity index (χ4n) is 8.70. The van der Waals surface area contributed by atoms with Crippen LogP contribution in [0.1, 0.15) is 71.6 Å². The van der Waals surface area contributed by atoms with E-state index in [2.05, 4.69) is 13.8 Å². The van der Waals surface area contributed by atoms with Gasteiger partial charge in [0, 0.05) is 0 Å². The quantitative estimate of drug-likeness (QED) is 0.561. The third kappa shape index (κ3) is 2.44. The summed E-state index contributed by atoms with van der Waals surface area (Å²) in [6.07, 6.45) is 10.3. The van der Waals surface area contributed by atoms with Crippen molar-refractivity contribution < 1.29 is 19.4 Å². The van der Waals surface area contributed by atoms with Crippen molar-refractivity contribution in [3.05, 3.63) is 0 Å². The zero-order valence-corrected chi connectivity index (χ0v) is 16.8. The Morgan fingerprint density at radius 3 is 2.33 bits per heavy atom. The van der Waals surface area contributed by atoms with E-state index >= 15 is 0 Å². The predicted octanol–water partition coefficient (Wildman–Crippen LogP) is 3.75. The number of carbonyl (C=O) groups excluding carboxylic acids is 2. The first-order valence-electron chi connectivity index (χ1n) is 11.2. The van der Waals surface area contributed by atoms with Gasteiger partial charge in [-0.2, -0.15) is 0 Å². The first-order chi connectivity index (χ1) is 12.8. The van der Waals surface area contributed by atoms with Crippen molar-refractivity contribution in [2.75, 3.05) is 6.61 Å². The van der Waals surface area contributed by atoms with Gasteiger partial charge in [0.2, 0.25) is 5.78 Å². The van der Waals surface area contributed by atoms with Gasteiger partial charge in [0.1, 0.15) is 6.61 Å². The molecule has 150 valence electrons. The zero-order valence-electron chi connectivity index (χ0n) is 16.8. The van der Waals surface area contributed by atoms with E-state index in [4.69, 9.17) is 4.74 Å². The van der Waals surface area contributed by atoms with Crippen molar-refractivity contribution in [1.29, 1.82) is 0 Å². The van der Waals surface area contributed by atoms with E-state index in [9.17, 15) is 14.7 Å². The lowest BCUT2D eigenvalue weighted by atomic mass is 9.44. The molecule has 0 aromatic heterocycles. The van der Waals surface area contributed by atoms with Crippen molar-refractivity contribution in [3.8, 4) is 0 Å². The molecular formula is C23H34O4. The molecule has 0 amide bonds. The second kappa shape index (κ2) is 6.05. The molecule has 0 aromatic carbocycles. The average molecular weight is 375 g/mol. The molecule has 4 heteroatoms. The maximum absolute atomic E-state index is 12.4. The van der Waals surface area contributed by atoms with E-state index in [0.717, 1.165) is 31.1 Å². The molecule has 1 aliphatic heterocycles. The number of fused-ring (bicyclic) bond motifs is 5. The highest BCUT2D eigenvalue weighted by Gasteiger charge is 2.62. The lowest BCUT2D eigenvalue weighted by Crippen LogP contribution is -2.54. The van der Waals surface area contributed by atoms with Gasteiger partial charge in [0.15, 0.2) is 0 Å². The van der Waals surface area contributed by atoms with Crippen molar-refractivity contribution in [1.82, 2.24) is 0 Å². The molecule has 1 saturated heterocycles. The van der Waals surface area contributed by atoms with Crippen LogP contribution in [0.4, 0.5) is 0 Å². The molecule has 0 spiro atoms. The minimum absolute atomic E-state index is 0.0877. The number of hydrogen-bond acceptors (Lipinski definition) is 4. The summed E-state index contributed by atoms with van der Waals surface area (Å²) >= 11 is 0. The van der Waals surface area contributed by atoms with E-state index < -0.39 is 5.97 Å². The van der Waals surface area contributed by atoms with Crippen LogP contribution < -0.4 is 0 Å². The number of aliphatic hydroxyl groups is 1. The summed E-state index contributed by atoms with van der Waals surface area (Å²) in [7, 11) is 0. The van der Waals surface area contributed by atoms with Gasteiger partial charge in [-0.1, -0.05) is 13.8 Å². The number of ether oxygens (including phenoxy) is 1. The highest BCUT2D eigenvalue weighted by Crippen LogP contribution is 2.68. The van der Waals surface area contributed by atoms with E-state index in [1.165, 1.54) is 38.5 Å². The lowest BCUT2D eigenvalue weighted by molar-refractivity contribution is -0.148. The maximum atomic E-state index is 12.4. The first kappa shape index (κ1) is 18.1. The molecule has 9 atom stereocenters. The van der Waals surface area contributed by atoms with Gasteiger partial charge in [0.25, 0.3) is 0 Å². The zero-order chi connectivity index (χ0) is 19.0. The molecule has 0 radical (unpaired) electrons. The average Bonchev–Trinajstić information content (AvgIpc) is 3.15. The van der Waals surface area contributed by atoms with E-state index in [1.807, 2.05) is 0 Å². The van der Waals surface area contributed by atoms with Gasteiger partial charge in [-0.05, 0) is 98.2 Å². The molecule has 5 aliphatic rings. The molecular weight excluding hydrogens is 340 g/mol. The number of esters is 1. The van der Waals surface area contributed by atoms with Crippen LogP contribution in [-0.4, -0.2) is 29.6 Å². The van der Waals surface area contributed by atoms with E-state index in [-0.39, 0.29) is 23.2 Å². The number of carbonyl (C=O) groups is 2. The Morgan fingerprint density at radius 2 is 1.59 bits per heavy atom. The highest BCUT2D eigenvalue weighted by atomic mass is 16.5. The maximum Gasteiger partial charge on any atom is 0.375 e.